The highest BCUT2D eigenvalue weighted by molar-refractivity contribution is 5.98. The largest absolute Gasteiger partial charge is 0.349 e. The van der Waals surface area contributed by atoms with Crippen molar-refractivity contribution in [3.05, 3.63) is 65.5 Å². The number of hydrogen-bond acceptors (Lipinski definition) is 4. The standard InChI is InChI=1S/C19H24N4O2/c1-14(15-7-5-4-6-8-15)22-18(24)16-9-10-20-17(13-16)19(25)21-11-12-23(2)3/h4-10,13-14H,11-12H2,1-3H3,(H,21,25)(H,22,24). The van der Waals surface area contributed by atoms with Crippen LogP contribution >= 0.6 is 0 Å². The molecule has 0 bridgehead atoms. The number of aromatic nitrogens is 1. The summed E-state index contributed by atoms with van der Waals surface area (Å²) in [6.07, 6.45) is 1.48. The van der Waals surface area contributed by atoms with E-state index in [0.29, 0.717) is 12.1 Å². The highest BCUT2D eigenvalue weighted by atomic mass is 16.2. The monoisotopic (exact) mass is 340 g/mol. The molecular formula is C19H24N4O2. The van der Waals surface area contributed by atoms with Crippen LogP contribution < -0.4 is 10.6 Å². The summed E-state index contributed by atoms with van der Waals surface area (Å²) in [5.74, 6) is -0.520. The van der Waals surface area contributed by atoms with Crippen LogP contribution in [0.2, 0.25) is 0 Å². The molecule has 0 radical (unpaired) electrons. The molecule has 0 aliphatic carbocycles. The lowest BCUT2D eigenvalue weighted by Crippen LogP contribution is -2.32. The zero-order chi connectivity index (χ0) is 18.2. The van der Waals surface area contributed by atoms with Crippen molar-refractivity contribution in [1.29, 1.82) is 0 Å². The minimum Gasteiger partial charge on any atom is -0.349 e. The molecule has 2 aromatic rings. The molecule has 0 spiro atoms. The number of nitrogens with one attached hydrogen (secondary N) is 2. The third-order valence-corrected chi connectivity index (χ3v) is 3.75. The lowest BCUT2D eigenvalue weighted by atomic mass is 10.1. The highest BCUT2D eigenvalue weighted by Crippen LogP contribution is 2.12. The van der Waals surface area contributed by atoms with Gasteiger partial charge in [0, 0.05) is 24.8 Å². The summed E-state index contributed by atoms with van der Waals surface area (Å²) in [4.78, 5) is 30.6. The van der Waals surface area contributed by atoms with Gasteiger partial charge in [-0.05, 0) is 38.7 Å². The zero-order valence-electron chi connectivity index (χ0n) is 14.8. The Hall–Kier alpha value is -2.73. The lowest BCUT2D eigenvalue weighted by Gasteiger charge is -2.14. The maximum atomic E-state index is 12.4. The quantitative estimate of drug-likeness (QED) is 0.807. The van der Waals surface area contributed by atoms with Gasteiger partial charge in [0.1, 0.15) is 5.69 Å². The number of pyridine rings is 1. The maximum absolute atomic E-state index is 12.4. The van der Waals surface area contributed by atoms with Crippen molar-refractivity contribution in [2.24, 2.45) is 0 Å². The van der Waals surface area contributed by atoms with Crippen LogP contribution in [0.1, 0.15) is 39.4 Å². The van der Waals surface area contributed by atoms with Crippen LogP contribution in [0.3, 0.4) is 0 Å². The highest BCUT2D eigenvalue weighted by Gasteiger charge is 2.14. The van der Waals surface area contributed by atoms with Crippen LogP contribution in [0.15, 0.2) is 48.7 Å². The minimum atomic E-state index is -0.285. The van der Waals surface area contributed by atoms with E-state index < -0.39 is 0 Å². The van der Waals surface area contributed by atoms with Gasteiger partial charge in [0.25, 0.3) is 11.8 Å². The second kappa shape index (κ2) is 8.94. The van der Waals surface area contributed by atoms with E-state index in [0.717, 1.165) is 12.1 Å². The fourth-order valence-electron chi connectivity index (χ4n) is 2.28. The van der Waals surface area contributed by atoms with Gasteiger partial charge < -0.3 is 15.5 Å². The van der Waals surface area contributed by atoms with Crippen LogP contribution in [0, 0.1) is 0 Å². The van der Waals surface area contributed by atoms with Crippen molar-refractivity contribution < 1.29 is 9.59 Å². The molecule has 0 saturated carbocycles. The Morgan fingerprint density at radius 1 is 1.12 bits per heavy atom. The molecule has 1 aromatic carbocycles. The van der Waals surface area contributed by atoms with Gasteiger partial charge in [0.2, 0.25) is 0 Å². The van der Waals surface area contributed by atoms with Crippen molar-refractivity contribution in [3.63, 3.8) is 0 Å². The Labute approximate surface area is 148 Å². The van der Waals surface area contributed by atoms with Gasteiger partial charge in [-0.3, -0.25) is 14.6 Å². The molecule has 0 aliphatic heterocycles. The number of amides is 2. The number of benzene rings is 1. The molecular weight excluding hydrogens is 316 g/mol. The van der Waals surface area contributed by atoms with Gasteiger partial charge >= 0.3 is 0 Å². The number of nitrogens with zero attached hydrogens (tertiary/aromatic N) is 2. The van der Waals surface area contributed by atoms with Gasteiger partial charge in [-0.25, -0.2) is 0 Å². The molecule has 1 unspecified atom stereocenters. The van der Waals surface area contributed by atoms with Crippen LogP contribution in [0.4, 0.5) is 0 Å². The summed E-state index contributed by atoms with van der Waals surface area (Å²) in [6, 6.07) is 12.7. The molecule has 0 aliphatic rings. The Bertz CT molecular complexity index is 716. The minimum absolute atomic E-state index is 0.126. The first-order chi connectivity index (χ1) is 12.0. The van der Waals surface area contributed by atoms with E-state index >= 15 is 0 Å². The molecule has 132 valence electrons. The third-order valence-electron chi connectivity index (χ3n) is 3.75. The van der Waals surface area contributed by atoms with E-state index in [1.54, 1.807) is 6.07 Å². The Balaban J connectivity index is 2.00. The van der Waals surface area contributed by atoms with Crippen molar-refractivity contribution in [2.45, 2.75) is 13.0 Å². The van der Waals surface area contributed by atoms with E-state index in [9.17, 15) is 9.59 Å². The maximum Gasteiger partial charge on any atom is 0.269 e. The van der Waals surface area contributed by atoms with Crippen LogP contribution in [0.25, 0.3) is 0 Å². The summed E-state index contributed by atoms with van der Waals surface area (Å²) in [5, 5.41) is 5.72. The topological polar surface area (TPSA) is 74.3 Å². The Kier molecular flexibility index (Phi) is 6.65. The normalized spacial score (nSPS) is 11.8. The molecule has 25 heavy (non-hydrogen) atoms. The predicted molar refractivity (Wildman–Crippen MR) is 97.4 cm³/mol. The Morgan fingerprint density at radius 2 is 1.84 bits per heavy atom. The predicted octanol–water partition coefficient (Wildman–Crippen LogP) is 1.86. The zero-order valence-corrected chi connectivity index (χ0v) is 14.8. The number of carbonyl (C=O) groups is 2. The van der Waals surface area contributed by atoms with Crippen molar-refractivity contribution in [2.75, 3.05) is 27.2 Å². The van der Waals surface area contributed by atoms with Crippen molar-refractivity contribution in [1.82, 2.24) is 20.5 Å². The van der Waals surface area contributed by atoms with Gasteiger partial charge in [-0.2, -0.15) is 0 Å². The molecule has 2 rings (SSSR count). The SMILES string of the molecule is CC(NC(=O)c1ccnc(C(=O)NCCN(C)C)c1)c1ccccc1. The molecule has 0 saturated heterocycles. The van der Waals surface area contributed by atoms with Gasteiger partial charge in [-0.15, -0.1) is 0 Å². The first kappa shape index (κ1) is 18.6. The molecule has 1 heterocycles. The summed E-state index contributed by atoms with van der Waals surface area (Å²) in [6.45, 7) is 3.18. The smallest absolute Gasteiger partial charge is 0.269 e. The molecule has 1 atom stereocenters. The number of carbonyl (C=O) groups excluding carboxylic acids is 2. The van der Waals surface area contributed by atoms with E-state index in [1.807, 2.05) is 56.3 Å². The fraction of sp³-hybridized carbons (Fsp3) is 0.316. The van der Waals surface area contributed by atoms with Gasteiger partial charge in [0.05, 0.1) is 6.04 Å². The number of rotatable bonds is 7. The van der Waals surface area contributed by atoms with Crippen LogP contribution in [0.5, 0.6) is 0 Å². The third kappa shape index (κ3) is 5.69. The van der Waals surface area contributed by atoms with Crippen LogP contribution in [-0.2, 0) is 0 Å². The van der Waals surface area contributed by atoms with Crippen molar-refractivity contribution >= 4 is 11.8 Å². The summed E-state index contributed by atoms with van der Waals surface area (Å²) in [5.41, 5.74) is 1.67. The van der Waals surface area contributed by atoms with E-state index in [4.69, 9.17) is 0 Å². The van der Waals surface area contributed by atoms with E-state index in [2.05, 4.69) is 15.6 Å². The molecule has 1 aromatic heterocycles. The summed E-state index contributed by atoms with van der Waals surface area (Å²) < 4.78 is 0. The first-order valence-corrected chi connectivity index (χ1v) is 8.22. The second-order valence-electron chi connectivity index (χ2n) is 6.09. The number of hydrogen-bond donors (Lipinski definition) is 2. The fourth-order valence-corrected chi connectivity index (χ4v) is 2.28. The summed E-state index contributed by atoms with van der Waals surface area (Å²) >= 11 is 0. The molecule has 6 heteroatoms. The average molecular weight is 340 g/mol. The van der Waals surface area contributed by atoms with Crippen LogP contribution in [-0.4, -0.2) is 48.9 Å². The average Bonchev–Trinajstić information content (AvgIpc) is 2.62. The van der Waals surface area contributed by atoms with E-state index in [1.165, 1.54) is 12.3 Å². The second-order valence-corrected chi connectivity index (χ2v) is 6.09. The molecule has 6 nitrogen and oxygen atoms in total. The molecule has 2 amide bonds. The molecule has 2 N–H and O–H groups in total. The summed E-state index contributed by atoms with van der Waals surface area (Å²) in [7, 11) is 3.87. The van der Waals surface area contributed by atoms with Gasteiger partial charge in [0.15, 0.2) is 0 Å². The van der Waals surface area contributed by atoms with E-state index in [-0.39, 0.29) is 23.6 Å². The Morgan fingerprint density at radius 3 is 2.52 bits per heavy atom. The molecule has 0 fully saturated rings. The van der Waals surface area contributed by atoms with Crippen molar-refractivity contribution in [3.8, 4) is 0 Å². The first-order valence-electron chi connectivity index (χ1n) is 8.22. The van der Waals surface area contributed by atoms with Gasteiger partial charge in [-0.1, -0.05) is 30.3 Å². The number of likely N-dealkylation sites (N-methyl/N-ethyl adjacent to an activating group) is 1. The lowest BCUT2D eigenvalue weighted by molar-refractivity contribution is 0.0939.